The van der Waals surface area contributed by atoms with Crippen LogP contribution in [0.15, 0.2) is 79.0 Å². The molecule has 0 spiro atoms. The number of hydrogen-bond donors (Lipinski definition) is 1. The predicted molar refractivity (Wildman–Crippen MR) is 122 cm³/mol. The van der Waals surface area contributed by atoms with Gasteiger partial charge in [0.25, 0.3) is 0 Å². The Morgan fingerprint density at radius 1 is 1.07 bits per heavy atom. The predicted octanol–water partition coefficient (Wildman–Crippen LogP) is 5.94. The molecule has 0 saturated heterocycles. The summed E-state index contributed by atoms with van der Waals surface area (Å²) < 4.78 is 2.24. The van der Waals surface area contributed by atoms with Crippen molar-refractivity contribution in [2.45, 2.75) is 13.5 Å². The molecule has 0 radical (unpaired) electrons. The molecule has 0 aliphatic heterocycles. The molecule has 0 atom stereocenters. The first-order chi connectivity index (χ1) is 14.7. The summed E-state index contributed by atoms with van der Waals surface area (Å²) >= 11 is 0. The highest BCUT2D eigenvalue weighted by atomic mass is 15.0. The number of nitrogens with one attached hydrogen (secondary N) is 1. The number of aromatic nitrogens is 3. The van der Waals surface area contributed by atoms with Gasteiger partial charge in [0, 0.05) is 29.2 Å². The Balaban J connectivity index is 1.60. The molecule has 0 aliphatic carbocycles. The monoisotopic (exact) mass is 388 g/mol. The van der Waals surface area contributed by atoms with Gasteiger partial charge in [-0.1, -0.05) is 60.2 Å². The minimum atomic E-state index is 0.518. The van der Waals surface area contributed by atoms with Gasteiger partial charge in [-0.2, -0.15) is 5.26 Å². The van der Waals surface area contributed by atoms with Crippen molar-refractivity contribution in [1.82, 2.24) is 14.5 Å². The van der Waals surface area contributed by atoms with E-state index in [4.69, 9.17) is 0 Å². The van der Waals surface area contributed by atoms with E-state index in [0.717, 1.165) is 34.0 Å². The second-order valence-corrected chi connectivity index (χ2v) is 7.49. The number of allylic oxidation sites excluding steroid dienone is 1. The Kier molecular flexibility index (Phi) is 4.42. The number of nitriles is 1. The number of aryl methyl sites for hydroxylation is 1. The van der Waals surface area contributed by atoms with Crippen LogP contribution in [0.2, 0.25) is 0 Å². The normalized spacial score (nSPS) is 11.8. The molecule has 4 heteroatoms. The van der Waals surface area contributed by atoms with Gasteiger partial charge in [0.05, 0.1) is 16.6 Å². The second kappa shape index (κ2) is 7.38. The molecule has 30 heavy (non-hydrogen) atoms. The second-order valence-electron chi connectivity index (χ2n) is 7.49. The standard InChI is InChI=1S/C26H20N4/c1-18-7-6-8-19(13-18)16-30-17-21(22-9-2-5-12-25(22)30)14-20(15-27)26-28-23-10-3-4-11-24(23)29-26/h2-14,17H,16H2,1H3,(H,28,29)/b20-14-. The highest BCUT2D eigenvalue weighted by molar-refractivity contribution is 5.98. The summed E-state index contributed by atoms with van der Waals surface area (Å²) in [4.78, 5) is 7.85. The quantitative estimate of drug-likeness (QED) is 0.387. The summed E-state index contributed by atoms with van der Waals surface area (Å²) in [6.45, 7) is 2.89. The molecule has 0 amide bonds. The van der Waals surface area contributed by atoms with Crippen LogP contribution in [-0.4, -0.2) is 14.5 Å². The molecule has 144 valence electrons. The highest BCUT2D eigenvalue weighted by Crippen LogP contribution is 2.27. The molecule has 2 heterocycles. The average molecular weight is 388 g/mol. The molecule has 0 aliphatic rings. The number of para-hydroxylation sites is 3. The number of benzene rings is 3. The Labute approximate surface area is 174 Å². The van der Waals surface area contributed by atoms with E-state index >= 15 is 0 Å². The van der Waals surface area contributed by atoms with Crippen LogP contribution in [0.3, 0.4) is 0 Å². The number of H-pyrrole nitrogens is 1. The van der Waals surface area contributed by atoms with Gasteiger partial charge in [-0.15, -0.1) is 0 Å². The van der Waals surface area contributed by atoms with Crippen molar-refractivity contribution >= 4 is 33.6 Å². The molecule has 0 unspecified atom stereocenters. The minimum Gasteiger partial charge on any atom is -0.342 e. The van der Waals surface area contributed by atoms with Gasteiger partial charge in [-0.05, 0) is 36.8 Å². The smallest absolute Gasteiger partial charge is 0.149 e. The maximum absolute atomic E-state index is 9.83. The van der Waals surface area contributed by atoms with Crippen LogP contribution < -0.4 is 0 Å². The first kappa shape index (κ1) is 18.0. The van der Waals surface area contributed by atoms with Crippen molar-refractivity contribution in [3.8, 4) is 6.07 Å². The maximum Gasteiger partial charge on any atom is 0.149 e. The van der Waals surface area contributed by atoms with Gasteiger partial charge < -0.3 is 9.55 Å². The number of fused-ring (bicyclic) bond motifs is 2. The first-order valence-corrected chi connectivity index (χ1v) is 9.91. The zero-order valence-corrected chi connectivity index (χ0v) is 16.6. The molecule has 0 saturated carbocycles. The van der Waals surface area contributed by atoms with Crippen molar-refractivity contribution in [3.63, 3.8) is 0 Å². The summed E-state index contributed by atoms with van der Waals surface area (Å²) in [6, 6.07) is 27.0. The largest absolute Gasteiger partial charge is 0.342 e. The molecule has 0 bridgehead atoms. The lowest BCUT2D eigenvalue weighted by Crippen LogP contribution is -1.97. The Hall–Kier alpha value is -4.10. The van der Waals surface area contributed by atoms with E-state index in [0.29, 0.717) is 11.4 Å². The van der Waals surface area contributed by atoms with E-state index in [-0.39, 0.29) is 0 Å². The van der Waals surface area contributed by atoms with E-state index < -0.39 is 0 Å². The van der Waals surface area contributed by atoms with Gasteiger partial charge in [0.15, 0.2) is 0 Å². The molecule has 5 rings (SSSR count). The van der Waals surface area contributed by atoms with Gasteiger partial charge in [-0.25, -0.2) is 4.98 Å². The third kappa shape index (κ3) is 3.27. The van der Waals surface area contributed by atoms with Crippen LogP contribution in [-0.2, 0) is 6.54 Å². The Morgan fingerprint density at radius 3 is 2.73 bits per heavy atom. The van der Waals surface area contributed by atoms with Crippen LogP contribution in [0, 0.1) is 18.3 Å². The lowest BCUT2D eigenvalue weighted by atomic mass is 10.1. The van der Waals surface area contributed by atoms with Crippen LogP contribution in [0.4, 0.5) is 0 Å². The third-order valence-electron chi connectivity index (χ3n) is 5.32. The molecule has 1 N–H and O–H groups in total. The number of rotatable bonds is 4. The average Bonchev–Trinajstić information content (AvgIpc) is 3.34. The van der Waals surface area contributed by atoms with Crippen LogP contribution >= 0.6 is 0 Å². The fraction of sp³-hybridized carbons (Fsp3) is 0.0769. The molecule has 0 fully saturated rings. The minimum absolute atomic E-state index is 0.518. The third-order valence-corrected chi connectivity index (χ3v) is 5.32. The first-order valence-electron chi connectivity index (χ1n) is 9.91. The van der Waals surface area contributed by atoms with Crippen LogP contribution in [0.5, 0.6) is 0 Å². The number of nitrogens with zero attached hydrogens (tertiary/aromatic N) is 3. The van der Waals surface area contributed by atoms with Crippen LogP contribution in [0.25, 0.3) is 33.6 Å². The van der Waals surface area contributed by atoms with E-state index in [1.807, 2.05) is 42.5 Å². The summed E-state index contributed by atoms with van der Waals surface area (Å²) in [5, 5.41) is 10.9. The number of aromatic amines is 1. The van der Waals surface area contributed by atoms with E-state index in [2.05, 4.69) is 70.1 Å². The fourth-order valence-corrected chi connectivity index (χ4v) is 3.92. The van der Waals surface area contributed by atoms with E-state index in [1.54, 1.807) is 0 Å². The van der Waals surface area contributed by atoms with Crippen molar-refractivity contribution < 1.29 is 0 Å². The zero-order valence-electron chi connectivity index (χ0n) is 16.6. The summed E-state index contributed by atoms with van der Waals surface area (Å²) in [5.74, 6) is 0.592. The SMILES string of the molecule is Cc1cccc(Cn2cc(/C=C(/C#N)c3nc4ccccc4[nH]3)c3ccccc32)c1. The Morgan fingerprint density at radius 2 is 1.90 bits per heavy atom. The van der Waals surface area contributed by atoms with Gasteiger partial charge >= 0.3 is 0 Å². The zero-order chi connectivity index (χ0) is 20.5. The van der Waals surface area contributed by atoms with Gasteiger partial charge in [0.1, 0.15) is 11.9 Å². The van der Waals surface area contributed by atoms with Crippen molar-refractivity contribution in [1.29, 1.82) is 5.26 Å². The molecular weight excluding hydrogens is 368 g/mol. The van der Waals surface area contributed by atoms with Crippen molar-refractivity contribution in [3.05, 3.63) is 102 Å². The number of imidazole rings is 1. The summed E-state index contributed by atoms with van der Waals surface area (Å²) in [6.07, 6.45) is 4.04. The lowest BCUT2D eigenvalue weighted by molar-refractivity contribution is 0.835. The Bertz CT molecular complexity index is 1410. The van der Waals surface area contributed by atoms with E-state index in [1.165, 1.54) is 11.1 Å². The highest BCUT2D eigenvalue weighted by Gasteiger charge is 2.12. The maximum atomic E-state index is 9.83. The van der Waals surface area contributed by atoms with Crippen molar-refractivity contribution in [2.75, 3.05) is 0 Å². The molecule has 4 nitrogen and oxygen atoms in total. The molecule has 2 aromatic heterocycles. The lowest BCUT2D eigenvalue weighted by Gasteiger charge is -2.06. The summed E-state index contributed by atoms with van der Waals surface area (Å²) in [5.41, 5.74) is 6.96. The topological polar surface area (TPSA) is 57.4 Å². The van der Waals surface area contributed by atoms with Crippen molar-refractivity contribution in [2.24, 2.45) is 0 Å². The summed E-state index contributed by atoms with van der Waals surface area (Å²) in [7, 11) is 0. The molecule has 3 aromatic carbocycles. The molecule has 5 aromatic rings. The van der Waals surface area contributed by atoms with Gasteiger partial charge in [-0.3, -0.25) is 0 Å². The van der Waals surface area contributed by atoms with Gasteiger partial charge in [0.2, 0.25) is 0 Å². The fourth-order valence-electron chi connectivity index (χ4n) is 3.92. The molecular formula is C26H20N4. The number of hydrogen-bond acceptors (Lipinski definition) is 2. The van der Waals surface area contributed by atoms with Crippen LogP contribution in [0.1, 0.15) is 22.5 Å². The van der Waals surface area contributed by atoms with E-state index in [9.17, 15) is 5.26 Å².